The van der Waals surface area contributed by atoms with Crippen molar-refractivity contribution in [2.45, 2.75) is 13.3 Å². The Kier molecular flexibility index (Phi) is 4.33. The van der Waals surface area contributed by atoms with Crippen molar-refractivity contribution in [2.24, 2.45) is 0 Å². The van der Waals surface area contributed by atoms with Gasteiger partial charge in [0.05, 0.1) is 17.6 Å². The van der Waals surface area contributed by atoms with Gasteiger partial charge in [-0.1, -0.05) is 24.3 Å². The summed E-state index contributed by atoms with van der Waals surface area (Å²) in [6, 6.07) is 11.7. The van der Waals surface area contributed by atoms with E-state index in [1.54, 1.807) is 37.3 Å². The first-order chi connectivity index (χ1) is 10.0. The molecule has 0 spiro atoms. The quantitative estimate of drug-likeness (QED) is 0.480. The molecule has 0 aromatic heterocycles. The Balaban J connectivity index is 2.37. The normalized spacial score (nSPS) is 10.2. The third-order valence-corrected chi connectivity index (χ3v) is 3.19. The maximum atomic E-state index is 12.4. The van der Waals surface area contributed by atoms with Crippen molar-refractivity contribution in [3.63, 3.8) is 0 Å². The van der Waals surface area contributed by atoms with E-state index in [9.17, 15) is 14.9 Å². The van der Waals surface area contributed by atoms with Crippen LogP contribution in [0, 0.1) is 17.0 Å². The number of rotatable bonds is 5. The number of methoxy groups -OCH3 is 1. The molecule has 0 atom stereocenters. The molecular formula is C16H15NO4. The van der Waals surface area contributed by atoms with E-state index in [4.69, 9.17) is 4.74 Å². The lowest BCUT2D eigenvalue weighted by Gasteiger charge is -2.08. The van der Waals surface area contributed by atoms with Crippen molar-refractivity contribution in [2.75, 3.05) is 7.11 Å². The molecule has 0 aliphatic rings. The van der Waals surface area contributed by atoms with Crippen molar-refractivity contribution in [1.82, 2.24) is 0 Å². The minimum absolute atomic E-state index is 0.0638. The fourth-order valence-corrected chi connectivity index (χ4v) is 2.15. The molecule has 0 radical (unpaired) electrons. The third kappa shape index (κ3) is 3.25. The molecule has 0 aliphatic heterocycles. The fourth-order valence-electron chi connectivity index (χ4n) is 2.15. The monoisotopic (exact) mass is 285 g/mol. The maximum Gasteiger partial charge on any atom is 0.280 e. The van der Waals surface area contributed by atoms with E-state index in [-0.39, 0.29) is 23.5 Å². The highest BCUT2D eigenvalue weighted by atomic mass is 16.6. The number of carbonyl (C=O) groups excluding carboxylic acids is 1. The summed E-state index contributed by atoms with van der Waals surface area (Å²) >= 11 is 0. The molecule has 0 fully saturated rings. The van der Waals surface area contributed by atoms with Crippen LogP contribution >= 0.6 is 0 Å². The van der Waals surface area contributed by atoms with Gasteiger partial charge in [0, 0.05) is 18.1 Å². The predicted molar refractivity (Wildman–Crippen MR) is 78.9 cm³/mol. The summed E-state index contributed by atoms with van der Waals surface area (Å²) in [7, 11) is 1.53. The van der Waals surface area contributed by atoms with Crippen LogP contribution in [0.2, 0.25) is 0 Å². The lowest BCUT2D eigenvalue weighted by atomic mass is 9.99. The van der Waals surface area contributed by atoms with Crippen LogP contribution in [-0.4, -0.2) is 17.8 Å². The first-order valence-electron chi connectivity index (χ1n) is 6.43. The van der Waals surface area contributed by atoms with Crippen molar-refractivity contribution >= 4 is 11.5 Å². The molecule has 0 aliphatic carbocycles. The smallest absolute Gasteiger partial charge is 0.280 e. The number of nitrogens with zero attached hydrogens (tertiary/aromatic N) is 1. The zero-order valence-electron chi connectivity index (χ0n) is 11.8. The fraction of sp³-hybridized carbons (Fsp3) is 0.188. The highest BCUT2D eigenvalue weighted by Crippen LogP contribution is 2.24. The van der Waals surface area contributed by atoms with E-state index in [2.05, 4.69) is 0 Å². The van der Waals surface area contributed by atoms with Crippen molar-refractivity contribution in [3.05, 3.63) is 69.3 Å². The SMILES string of the molecule is COc1ccccc1CC(=O)c1cc(C)ccc1[N+](=O)[O-]. The van der Waals surface area contributed by atoms with Gasteiger partial charge in [0.1, 0.15) is 5.75 Å². The summed E-state index contributed by atoms with van der Waals surface area (Å²) in [6.45, 7) is 1.80. The minimum Gasteiger partial charge on any atom is -0.496 e. The lowest BCUT2D eigenvalue weighted by Crippen LogP contribution is -2.08. The Morgan fingerprint density at radius 1 is 1.24 bits per heavy atom. The second-order valence-electron chi connectivity index (χ2n) is 4.69. The van der Waals surface area contributed by atoms with Crippen LogP contribution < -0.4 is 4.74 Å². The van der Waals surface area contributed by atoms with E-state index in [0.717, 1.165) is 5.56 Å². The maximum absolute atomic E-state index is 12.4. The number of carbonyl (C=O) groups is 1. The Bertz CT molecular complexity index is 694. The van der Waals surface area contributed by atoms with Crippen LogP contribution in [0.1, 0.15) is 21.5 Å². The number of aryl methyl sites for hydroxylation is 1. The molecule has 5 heteroatoms. The van der Waals surface area contributed by atoms with Gasteiger partial charge in [-0.25, -0.2) is 0 Å². The molecule has 0 unspecified atom stereocenters. The lowest BCUT2D eigenvalue weighted by molar-refractivity contribution is -0.385. The van der Waals surface area contributed by atoms with Gasteiger partial charge in [-0.2, -0.15) is 0 Å². The highest BCUT2D eigenvalue weighted by molar-refractivity contribution is 6.01. The number of hydrogen-bond donors (Lipinski definition) is 0. The average Bonchev–Trinajstić information content (AvgIpc) is 2.47. The molecule has 2 aromatic rings. The van der Waals surface area contributed by atoms with Crippen molar-refractivity contribution in [1.29, 1.82) is 0 Å². The molecule has 0 N–H and O–H groups in total. The second kappa shape index (κ2) is 6.17. The number of Topliss-reactive ketones (excluding diaryl/α,β-unsaturated/α-hetero) is 1. The van der Waals surface area contributed by atoms with Crippen LogP contribution in [0.4, 0.5) is 5.69 Å². The Morgan fingerprint density at radius 3 is 2.62 bits per heavy atom. The van der Waals surface area contributed by atoms with Crippen molar-refractivity contribution in [3.8, 4) is 5.75 Å². The van der Waals surface area contributed by atoms with Crippen LogP contribution in [0.25, 0.3) is 0 Å². The van der Waals surface area contributed by atoms with Gasteiger partial charge in [0.25, 0.3) is 5.69 Å². The Morgan fingerprint density at radius 2 is 1.95 bits per heavy atom. The topological polar surface area (TPSA) is 69.4 Å². The average molecular weight is 285 g/mol. The zero-order valence-corrected chi connectivity index (χ0v) is 11.8. The molecule has 0 heterocycles. The number of benzene rings is 2. The molecule has 0 amide bonds. The molecular weight excluding hydrogens is 270 g/mol. The van der Waals surface area contributed by atoms with Crippen LogP contribution in [0.15, 0.2) is 42.5 Å². The predicted octanol–water partition coefficient (Wildman–Crippen LogP) is 3.34. The number of ether oxygens (including phenoxy) is 1. The number of nitro benzene ring substituents is 1. The number of hydrogen-bond acceptors (Lipinski definition) is 4. The van der Waals surface area contributed by atoms with E-state index in [0.29, 0.717) is 11.3 Å². The number of ketones is 1. The van der Waals surface area contributed by atoms with E-state index < -0.39 is 4.92 Å². The van der Waals surface area contributed by atoms with E-state index >= 15 is 0 Å². The van der Waals surface area contributed by atoms with Gasteiger partial charge in [-0.3, -0.25) is 14.9 Å². The first kappa shape index (κ1) is 14.7. The summed E-state index contributed by atoms with van der Waals surface area (Å²) in [5.74, 6) is 0.302. The summed E-state index contributed by atoms with van der Waals surface area (Å²) in [5.41, 5.74) is 1.48. The van der Waals surface area contributed by atoms with Crippen molar-refractivity contribution < 1.29 is 14.5 Å². The van der Waals surface area contributed by atoms with Crippen LogP contribution in [-0.2, 0) is 6.42 Å². The minimum atomic E-state index is -0.533. The molecule has 5 nitrogen and oxygen atoms in total. The number of para-hydroxylation sites is 1. The molecule has 0 saturated carbocycles. The molecule has 2 aromatic carbocycles. The van der Waals surface area contributed by atoms with Gasteiger partial charge in [-0.15, -0.1) is 0 Å². The zero-order chi connectivity index (χ0) is 15.4. The second-order valence-corrected chi connectivity index (χ2v) is 4.69. The number of nitro groups is 1. The summed E-state index contributed by atoms with van der Waals surface area (Å²) in [5, 5.41) is 11.0. The highest BCUT2D eigenvalue weighted by Gasteiger charge is 2.21. The summed E-state index contributed by atoms with van der Waals surface area (Å²) in [6.07, 6.45) is 0.0638. The third-order valence-electron chi connectivity index (χ3n) is 3.19. The molecule has 0 bridgehead atoms. The van der Waals surface area contributed by atoms with Gasteiger partial charge in [0.2, 0.25) is 0 Å². The Labute approximate surface area is 122 Å². The first-order valence-corrected chi connectivity index (χ1v) is 6.43. The van der Waals surface area contributed by atoms with Crippen LogP contribution in [0.3, 0.4) is 0 Å². The summed E-state index contributed by atoms with van der Waals surface area (Å²) in [4.78, 5) is 22.9. The van der Waals surface area contributed by atoms with Gasteiger partial charge in [-0.05, 0) is 24.6 Å². The molecule has 0 saturated heterocycles. The standard InChI is InChI=1S/C16H15NO4/c1-11-7-8-14(17(19)20)13(9-11)15(18)10-12-5-3-4-6-16(12)21-2/h3-9H,10H2,1-2H3. The molecule has 2 rings (SSSR count). The largest absolute Gasteiger partial charge is 0.496 e. The van der Waals surface area contributed by atoms with Gasteiger partial charge < -0.3 is 4.74 Å². The van der Waals surface area contributed by atoms with Gasteiger partial charge in [0.15, 0.2) is 5.78 Å². The van der Waals surface area contributed by atoms with E-state index in [1.807, 2.05) is 6.07 Å². The molecule has 108 valence electrons. The van der Waals surface area contributed by atoms with E-state index in [1.165, 1.54) is 13.2 Å². The summed E-state index contributed by atoms with van der Waals surface area (Å²) < 4.78 is 5.20. The van der Waals surface area contributed by atoms with Crippen LogP contribution in [0.5, 0.6) is 5.75 Å². The Hall–Kier alpha value is -2.69. The molecule has 21 heavy (non-hydrogen) atoms. The van der Waals surface area contributed by atoms with Gasteiger partial charge >= 0.3 is 0 Å².